The molecule has 2 N–H and O–H groups in total. The van der Waals surface area contributed by atoms with Crippen LogP contribution in [0, 0.1) is 5.92 Å². The first-order chi connectivity index (χ1) is 11.6. The van der Waals surface area contributed by atoms with Crippen molar-refractivity contribution in [2.45, 2.75) is 48.1 Å². The van der Waals surface area contributed by atoms with Crippen molar-refractivity contribution in [1.29, 1.82) is 0 Å². The fraction of sp³-hybridized carbons (Fsp3) is 0.588. The van der Waals surface area contributed by atoms with E-state index in [4.69, 9.17) is 9.39 Å². The number of ether oxygens (including phenoxy) is 1. The molecule has 2 aliphatic heterocycles. The minimum atomic E-state index is -0.986. The van der Waals surface area contributed by atoms with Crippen molar-refractivity contribution in [2.24, 2.45) is 5.92 Å². The van der Waals surface area contributed by atoms with E-state index in [0.717, 1.165) is 42.9 Å². The normalized spacial score (nSPS) is 27.0. The van der Waals surface area contributed by atoms with Crippen LogP contribution < -0.4 is 4.65 Å². The molecule has 0 amide bonds. The molecule has 2 heterocycles. The van der Waals surface area contributed by atoms with E-state index in [1.165, 1.54) is 0 Å². The highest BCUT2D eigenvalue weighted by Crippen LogP contribution is 2.60. The molecule has 0 spiro atoms. The summed E-state index contributed by atoms with van der Waals surface area (Å²) in [5.74, 6) is 0.283. The van der Waals surface area contributed by atoms with Gasteiger partial charge < -0.3 is 19.5 Å². The predicted octanol–water partition coefficient (Wildman–Crippen LogP) is 3.02. The minimum absolute atomic E-state index is 0.124. The molecule has 2 fully saturated rings. The van der Waals surface area contributed by atoms with Gasteiger partial charge in [0.15, 0.2) is 0 Å². The standard InChI is InChI=1S/C17H21BO5S/c1-9(10-4-6-22-7-5-10)24-14-3-2-11-12-8-13(12)18(21)23-16(11)15(14)17(19)20/h2-3,9-10,12-13,21H,4-8H2,1H3,(H,19,20)/t9-,12+,13+/m1/s1. The fourth-order valence-corrected chi connectivity index (χ4v) is 5.19. The number of aromatic carboxylic acids is 1. The van der Waals surface area contributed by atoms with E-state index in [-0.39, 0.29) is 17.3 Å². The molecule has 0 bridgehead atoms. The largest absolute Gasteiger partial charge is 0.535 e. The molecule has 0 radical (unpaired) electrons. The van der Waals surface area contributed by atoms with E-state index in [2.05, 4.69) is 6.92 Å². The molecule has 4 rings (SSSR count). The van der Waals surface area contributed by atoms with Crippen molar-refractivity contribution in [3.63, 3.8) is 0 Å². The van der Waals surface area contributed by atoms with Gasteiger partial charge >= 0.3 is 13.1 Å². The van der Waals surface area contributed by atoms with Crippen molar-refractivity contribution < 1.29 is 24.3 Å². The van der Waals surface area contributed by atoms with Crippen molar-refractivity contribution in [3.8, 4) is 5.75 Å². The zero-order chi connectivity index (χ0) is 16.8. The lowest BCUT2D eigenvalue weighted by atomic mass is 9.77. The van der Waals surface area contributed by atoms with Gasteiger partial charge in [-0.05, 0) is 42.7 Å². The fourth-order valence-electron chi connectivity index (χ4n) is 3.88. The van der Waals surface area contributed by atoms with Gasteiger partial charge in [0.25, 0.3) is 0 Å². The van der Waals surface area contributed by atoms with Crippen molar-refractivity contribution >= 4 is 24.8 Å². The van der Waals surface area contributed by atoms with E-state index in [1.54, 1.807) is 11.8 Å². The second-order valence-electron chi connectivity index (χ2n) is 6.95. The molecular weight excluding hydrogens is 327 g/mol. The molecule has 0 aromatic heterocycles. The summed E-state index contributed by atoms with van der Waals surface area (Å²) in [4.78, 5) is 12.6. The predicted molar refractivity (Wildman–Crippen MR) is 92.0 cm³/mol. The van der Waals surface area contributed by atoms with Gasteiger partial charge in [-0.3, -0.25) is 0 Å². The first-order valence-corrected chi connectivity index (χ1v) is 9.43. The number of rotatable bonds is 4. The number of hydrogen-bond acceptors (Lipinski definition) is 5. The Labute approximate surface area is 145 Å². The number of carboxylic acid groups (broad SMARTS) is 1. The second-order valence-corrected chi connectivity index (χ2v) is 8.37. The zero-order valence-electron chi connectivity index (χ0n) is 13.6. The molecule has 1 saturated heterocycles. The number of fused-ring (bicyclic) bond motifs is 3. The van der Waals surface area contributed by atoms with Gasteiger partial charge in [-0.1, -0.05) is 13.0 Å². The Bertz CT molecular complexity index is 661. The Morgan fingerprint density at radius 3 is 2.83 bits per heavy atom. The number of carboxylic acids is 1. The SMILES string of the molecule is C[C@@H](Sc1ccc2c(c1C(=O)O)OB(O)[C@H]1C[C@@H]21)C1CCOCC1. The summed E-state index contributed by atoms with van der Waals surface area (Å²) in [6, 6.07) is 3.90. The Morgan fingerprint density at radius 1 is 1.38 bits per heavy atom. The summed E-state index contributed by atoms with van der Waals surface area (Å²) in [6.07, 6.45) is 2.90. The number of carbonyl (C=O) groups is 1. The highest BCUT2D eigenvalue weighted by molar-refractivity contribution is 8.00. The molecule has 5 nitrogen and oxygen atoms in total. The molecule has 7 heteroatoms. The molecule has 128 valence electrons. The van der Waals surface area contributed by atoms with Gasteiger partial charge in [0.1, 0.15) is 11.3 Å². The van der Waals surface area contributed by atoms with Gasteiger partial charge in [-0.2, -0.15) is 0 Å². The molecule has 1 saturated carbocycles. The maximum atomic E-state index is 11.9. The van der Waals surface area contributed by atoms with E-state index >= 15 is 0 Å². The zero-order valence-corrected chi connectivity index (χ0v) is 14.4. The van der Waals surface area contributed by atoms with Crippen molar-refractivity contribution in [2.75, 3.05) is 13.2 Å². The quantitative estimate of drug-likeness (QED) is 0.644. The van der Waals surface area contributed by atoms with Crippen molar-refractivity contribution in [3.05, 3.63) is 23.3 Å². The molecule has 1 aromatic rings. The van der Waals surface area contributed by atoms with Gasteiger partial charge in [0, 0.05) is 29.2 Å². The van der Waals surface area contributed by atoms with E-state index in [0.29, 0.717) is 16.9 Å². The maximum absolute atomic E-state index is 11.9. The van der Waals surface area contributed by atoms with Crippen LogP contribution in [0.5, 0.6) is 5.75 Å². The Kier molecular flexibility index (Phi) is 4.27. The van der Waals surface area contributed by atoms with Crippen LogP contribution >= 0.6 is 11.8 Å². The summed E-state index contributed by atoms with van der Waals surface area (Å²) in [5, 5.41) is 20.1. The summed E-state index contributed by atoms with van der Waals surface area (Å²) < 4.78 is 11.0. The summed E-state index contributed by atoms with van der Waals surface area (Å²) in [6.45, 7) is 3.71. The second kappa shape index (κ2) is 6.28. The molecule has 3 aliphatic rings. The molecular formula is C17H21BO5S. The molecule has 24 heavy (non-hydrogen) atoms. The molecule has 3 atom stereocenters. The van der Waals surface area contributed by atoms with Gasteiger partial charge in [0.2, 0.25) is 0 Å². The summed E-state index contributed by atoms with van der Waals surface area (Å²) >= 11 is 1.60. The third-order valence-electron chi connectivity index (χ3n) is 5.45. The van der Waals surface area contributed by atoms with Crippen LogP contribution in [0.15, 0.2) is 17.0 Å². The Balaban J connectivity index is 1.63. The smallest absolute Gasteiger partial charge is 0.526 e. The minimum Gasteiger partial charge on any atom is -0.535 e. The lowest BCUT2D eigenvalue weighted by Crippen LogP contribution is -2.28. The molecule has 1 aromatic carbocycles. The lowest BCUT2D eigenvalue weighted by molar-refractivity contribution is 0.0667. The van der Waals surface area contributed by atoms with Gasteiger partial charge in [-0.25, -0.2) is 4.79 Å². The summed E-state index contributed by atoms with van der Waals surface area (Å²) in [5.41, 5.74) is 1.14. The average Bonchev–Trinajstić information content (AvgIpc) is 3.36. The van der Waals surface area contributed by atoms with E-state index in [9.17, 15) is 14.9 Å². The number of benzene rings is 1. The highest BCUT2D eigenvalue weighted by atomic mass is 32.2. The van der Waals surface area contributed by atoms with Crippen LogP contribution in [0.2, 0.25) is 5.82 Å². The van der Waals surface area contributed by atoms with Gasteiger partial charge in [0.05, 0.1) is 0 Å². The monoisotopic (exact) mass is 348 g/mol. The van der Waals surface area contributed by atoms with Crippen LogP contribution in [0.3, 0.4) is 0 Å². The van der Waals surface area contributed by atoms with Crippen LogP contribution in [-0.2, 0) is 4.74 Å². The van der Waals surface area contributed by atoms with Crippen LogP contribution in [0.25, 0.3) is 0 Å². The van der Waals surface area contributed by atoms with Crippen LogP contribution in [0.4, 0.5) is 0 Å². The first-order valence-electron chi connectivity index (χ1n) is 8.55. The van der Waals surface area contributed by atoms with Crippen LogP contribution in [0.1, 0.15) is 48.0 Å². The Hall–Kier alpha value is -1.18. The molecule has 1 aliphatic carbocycles. The highest BCUT2D eigenvalue weighted by Gasteiger charge is 2.54. The van der Waals surface area contributed by atoms with E-state index < -0.39 is 13.1 Å². The first kappa shape index (κ1) is 16.3. The lowest BCUT2D eigenvalue weighted by Gasteiger charge is -2.28. The third kappa shape index (κ3) is 2.83. The average molecular weight is 348 g/mol. The third-order valence-corrected chi connectivity index (χ3v) is 6.80. The van der Waals surface area contributed by atoms with E-state index in [1.807, 2.05) is 12.1 Å². The maximum Gasteiger partial charge on any atom is 0.526 e. The van der Waals surface area contributed by atoms with Gasteiger partial charge in [-0.15, -0.1) is 11.8 Å². The topological polar surface area (TPSA) is 76.0 Å². The van der Waals surface area contributed by atoms with Crippen molar-refractivity contribution in [1.82, 2.24) is 0 Å². The number of thioether (sulfide) groups is 1. The number of hydrogen-bond donors (Lipinski definition) is 2. The Morgan fingerprint density at radius 2 is 2.12 bits per heavy atom. The molecule has 0 unspecified atom stereocenters. The summed E-state index contributed by atoms with van der Waals surface area (Å²) in [7, 11) is -0.881. The van der Waals surface area contributed by atoms with Crippen LogP contribution in [-0.4, -0.2) is 41.7 Å².